The number of halogens is 1. The number of carboxylic acids is 1. The SMILES string of the molecule is O=C(O)CN1CC2(CCC1=O)CCN(C(=O)NCc1cccc(F)c1)CC2. The summed E-state index contributed by atoms with van der Waals surface area (Å²) in [7, 11) is 0. The zero-order chi connectivity index (χ0) is 19.4. The minimum atomic E-state index is -1.01. The number of likely N-dealkylation sites (tertiary alicyclic amines) is 2. The first-order valence-corrected chi connectivity index (χ1v) is 9.14. The molecule has 1 spiro atoms. The van der Waals surface area contributed by atoms with Gasteiger partial charge in [0.25, 0.3) is 0 Å². The maximum Gasteiger partial charge on any atom is 0.323 e. The Kier molecular flexibility index (Phi) is 5.62. The summed E-state index contributed by atoms with van der Waals surface area (Å²) in [5.41, 5.74) is 0.592. The number of benzene rings is 1. The predicted molar refractivity (Wildman–Crippen MR) is 95.3 cm³/mol. The summed E-state index contributed by atoms with van der Waals surface area (Å²) in [6, 6.07) is 5.92. The number of carboxylic acid groups (broad SMARTS) is 1. The van der Waals surface area contributed by atoms with E-state index >= 15 is 0 Å². The number of piperidine rings is 2. The molecule has 0 radical (unpaired) electrons. The van der Waals surface area contributed by atoms with Crippen molar-refractivity contribution in [2.75, 3.05) is 26.2 Å². The topological polar surface area (TPSA) is 90.0 Å². The molecule has 2 aliphatic heterocycles. The van der Waals surface area contributed by atoms with Gasteiger partial charge in [0.05, 0.1) is 0 Å². The monoisotopic (exact) mass is 377 g/mol. The van der Waals surface area contributed by atoms with Crippen LogP contribution in [0.5, 0.6) is 0 Å². The smallest absolute Gasteiger partial charge is 0.323 e. The van der Waals surface area contributed by atoms with Crippen LogP contribution >= 0.6 is 0 Å². The highest BCUT2D eigenvalue weighted by atomic mass is 19.1. The van der Waals surface area contributed by atoms with Gasteiger partial charge in [-0.3, -0.25) is 9.59 Å². The fourth-order valence-corrected chi connectivity index (χ4v) is 3.94. The average molecular weight is 377 g/mol. The summed E-state index contributed by atoms with van der Waals surface area (Å²) < 4.78 is 13.2. The van der Waals surface area contributed by atoms with Crippen molar-refractivity contribution in [2.45, 2.75) is 32.2 Å². The van der Waals surface area contributed by atoms with E-state index in [-0.39, 0.29) is 36.3 Å². The predicted octanol–water partition coefficient (Wildman–Crippen LogP) is 1.82. The minimum absolute atomic E-state index is 0.108. The quantitative estimate of drug-likeness (QED) is 0.838. The number of hydrogen-bond donors (Lipinski definition) is 2. The van der Waals surface area contributed by atoms with Gasteiger partial charge in [0.15, 0.2) is 0 Å². The standard InChI is InChI=1S/C19H24FN3O4/c20-15-3-1-2-14(10-15)11-21-18(27)22-8-6-19(7-9-22)5-4-16(24)23(13-19)12-17(25)26/h1-3,10H,4-9,11-13H2,(H,21,27)(H,25,26). The molecule has 2 fully saturated rings. The molecule has 0 aromatic heterocycles. The lowest BCUT2D eigenvalue weighted by atomic mass is 9.72. The van der Waals surface area contributed by atoms with Crippen molar-refractivity contribution in [1.82, 2.24) is 15.1 Å². The van der Waals surface area contributed by atoms with Crippen LogP contribution in [0.15, 0.2) is 24.3 Å². The number of carbonyl (C=O) groups excluding carboxylic acids is 2. The molecular weight excluding hydrogens is 353 g/mol. The lowest BCUT2D eigenvalue weighted by Crippen LogP contribution is -2.54. The second-order valence-electron chi connectivity index (χ2n) is 7.42. The van der Waals surface area contributed by atoms with Gasteiger partial charge in [0, 0.05) is 32.6 Å². The van der Waals surface area contributed by atoms with Crippen molar-refractivity contribution in [1.29, 1.82) is 0 Å². The van der Waals surface area contributed by atoms with Crippen LogP contribution in [0.25, 0.3) is 0 Å². The Morgan fingerprint density at radius 1 is 1.22 bits per heavy atom. The van der Waals surface area contributed by atoms with E-state index in [4.69, 9.17) is 5.11 Å². The molecule has 2 aliphatic rings. The second kappa shape index (κ2) is 7.94. The molecule has 0 saturated carbocycles. The summed E-state index contributed by atoms with van der Waals surface area (Å²) in [5, 5.41) is 11.8. The van der Waals surface area contributed by atoms with E-state index in [1.54, 1.807) is 17.0 Å². The van der Waals surface area contributed by atoms with Gasteiger partial charge >= 0.3 is 12.0 Å². The van der Waals surface area contributed by atoms with Crippen LogP contribution in [-0.2, 0) is 16.1 Å². The van der Waals surface area contributed by atoms with Gasteiger partial charge in [0.1, 0.15) is 12.4 Å². The van der Waals surface area contributed by atoms with Crippen molar-refractivity contribution in [3.63, 3.8) is 0 Å². The first kappa shape index (κ1) is 19.1. The first-order chi connectivity index (χ1) is 12.9. The number of rotatable bonds is 4. The molecule has 0 unspecified atom stereocenters. The van der Waals surface area contributed by atoms with E-state index in [0.29, 0.717) is 31.6 Å². The van der Waals surface area contributed by atoms with Gasteiger partial charge in [-0.15, -0.1) is 0 Å². The van der Waals surface area contributed by atoms with Crippen LogP contribution in [-0.4, -0.2) is 59.0 Å². The highest BCUT2D eigenvalue weighted by molar-refractivity contribution is 5.82. The van der Waals surface area contributed by atoms with Crippen molar-refractivity contribution in [2.24, 2.45) is 5.41 Å². The summed E-state index contributed by atoms with van der Waals surface area (Å²) in [5.74, 6) is -1.45. The average Bonchev–Trinajstić information content (AvgIpc) is 2.63. The summed E-state index contributed by atoms with van der Waals surface area (Å²) >= 11 is 0. The van der Waals surface area contributed by atoms with Crippen LogP contribution in [0.2, 0.25) is 0 Å². The molecule has 146 valence electrons. The largest absolute Gasteiger partial charge is 0.480 e. The molecule has 2 heterocycles. The lowest BCUT2D eigenvalue weighted by Gasteiger charge is -2.47. The number of nitrogens with zero attached hydrogens (tertiary/aromatic N) is 2. The molecule has 1 aromatic rings. The van der Waals surface area contributed by atoms with Crippen molar-refractivity contribution < 1.29 is 23.9 Å². The van der Waals surface area contributed by atoms with Gasteiger partial charge in [-0.1, -0.05) is 12.1 Å². The van der Waals surface area contributed by atoms with Crippen LogP contribution in [0.1, 0.15) is 31.2 Å². The third-order valence-corrected chi connectivity index (χ3v) is 5.52. The third kappa shape index (κ3) is 4.75. The number of urea groups is 1. The Labute approximate surface area is 157 Å². The van der Waals surface area contributed by atoms with Gasteiger partial charge in [-0.25, -0.2) is 9.18 Å². The molecule has 2 saturated heterocycles. The Morgan fingerprint density at radius 2 is 1.96 bits per heavy atom. The first-order valence-electron chi connectivity index (χ1n) is 9.14. The van der Waals surface area contributed by atoms with Crippen LogP contribution < -0.4 is 5.32 Å². The zero-order valence-corrected chi connectivity index (χ0v) is 15.1. The van der Waals surface area contributed by atoms with Crippen LogP contribution in [0, 0.1) is 11.2 Å². The van der Waals surface area contributed by atoms with Gasteiger partial charge < -0.3 is 20.2 Å². The highest BCUT2D eigenvalue weighted by Gasteiger charge is 2.42. The summed E-state index contributed by atoms with van der Waals surface area (Å²) in [6.45, 7) is 1.56. The molecule has 8 heteroatoms. The van der Waals surface area contributed by atoms with E-state index in [2.05, 4.69) is 5.32 Å². The fourth-order valence-electron chi connectivity index (χ4n) is 3.94. The molecule has 2 N–H and O–H groups in total. The molecule has 0 aliphatic carbocycles. The number of carbonyl (C=O) groups is 3. The maximum absolute atomic E-state index is 13.2. The molecule has 3 rings (SSSR count). The Hall–Kier alpha value is -2.64. The summed E-state index contributed by atoms with van der Waals surface area (Å²) in [6.07, 6.45) is 2.58. The van der Waals surface area contributed by atoms with E-state index < -0.39 is 5.97 Å². The van der Waals surface area contributed by atoms with Crippen molar-refractivity contribution >= 4 is 17.9 Å². The molecular formula is C19H24FN3O4. The number of hydrogen-bond acceptors (Lipinski definition) is 3. The van der Waals surface area contributed by atoms with Gasteiger partial charge in [-0.2, -0.15) is 0 Å². The minimum Gasteiger partial charge on any atom is -0.480 e. The van der Waals surface area contributed by atoms with Gasteiger partial charge in [0.2, 0.25) is 5.91 Å². The van der Waals surface area contributed by atoms with Gasteiger partial charge in [-0.05, 0) is 42.4 Å². The highest BCUT2D eigenvalue weighted by Crippen LogP contribution is 2.40. The van der Waals surface area contributed by atoms with E-state index in [1.807, 2.05) is 0 Å². The van der Waals surface area contributed by atoms with Crippen molar-refractivity contribution in [3.8, 4) is 0 Å². The van der Waals surface area contributed by atoms with E-state index in [0.717, 1.165) is 19.3 Å². The maximum atomic E-state index is 13.2. The lowest BCUT2D eigenvalue weighted by molar-refractivity contribution is -0.149. The van der Waals surface area contributed by atoms with Crippen molar-refractivity contribution in [3.05, 3.63) is 35.6 Å². The second-order valence-corrected chi connectivity index (χ2v) is 7.42. The number of aliphatic carboxylic acids is 1. The Morgan fingerprint density at radius 3 is 2.63 bits per heavy atom. The molecule has 0 atom stereocenters. The molecule has 1 aromatic carbocycles. The van der Waals surface area contributed by atoms with Crippen LogP contribution in [0.3, 0.4) is 0 Å². The summed E-state index contributed by atoms with van der Waals surface area (Å²) in [4.78, 5) is 38.4. The number of nitrogens with one attached hydrogen (secondary N) is 1. The normalized spacial score (nSPS) is 19.2. The molecule has 0 bridgehead atoms. The molecule has 7 nitrogen and oxygen atoms in total. The van der Waals surface area contributed by atoms with E-state index in [1.165, 1.54) is 17.0 Å². The Bertz CT molecular complexity index is 731. The molecule has 3 amide bonds. The van der Waals surface area contributed by atoms with Crippen LogP contribution in [0.4, 0.5) is 9.18 Å². The zero-order valence-electron chi connectivity index (χ0n) is 15.1. The third-order valence-electron chi connectivity index (χ3n) is 5.52. The fraction of sp³-hybridized carbons (Fsp3) is 0.526. The molecule has 27 heavy (non-hydrogen) atoms. The Balaban J connectivity index is 1.51. The number of amides is 3. The van der Waals surface area contributed by atoms with E-state index in [9.17, 15) is 18.8 Å².